The Balaban J connectivity index is 4.03. The van der Waals surface area contributed by atoms with Crippen molar-refractivity contribution in [1.82, 2.24) is 4.90 Å². The highest BCUT2D eigenvalue weighted by atomic mass is 31.1. The molecule has 0 saturated carbocycles. The van der Waals surface area contributed by atoms with Crippen LogP contribution in [0, 0.1) is 0 Å². The molecule has 0 aromatic carbocycles. The van der Waals surface area contributed by atoms with E-state index in [1.165, 1.54) is 24.6 Å². The quantitative estimate of drug-likeness (QED) is 0.120. The summed E-state index contributed by atoms with van der Waals surface area (Å²) < 4.78 is 28.1. The van der Waals surface area contributed by atoms with Gasteiger partial charge >= 0.3 is 0 Å². The minimum absolute atomic E-state index is 0.0278. The Morgan fingerprint density at radius 1 is 0.567 bits per heavy atom. The molecule has 0 bridgehead atoms. The van der Waals surface area contributed by atoms with Gasteiger partial charge in [0.05, 0.1) is 6.61 Å². The fourth-order valence-corrected chi connectivity index (χ4v) is 5.34. The lowest BCUT2D eigenvalue weighted by Crippen LogP contribution is -2.32. The number of nitrogens with zero attached hydrogens (tertiary/aromatic N) is 1. The first kappa shape index (κ1) is 30.6. The van der Waals surface area contributed by atoms with Crippen LogP contribution in [0.2, 0.25) is 0 Å². The fraction of sp³-hybridized carbons (Fsp3) is 1.00. The monoisotopic (exact) mass is 469 g/mol. The lowest BCUT2D eigenvalue weighted by molar-refractivity contribution is -0.136. The Bertz CT molecular complexity index is 305. The molecule has 0 heterocycles. The summed E-state index contributed by atoms with van der Waals surface area (Å²) in [6.07, 6.45) is 6.81. The van der Waals surface area contributed by atoms with Gasteiger partial charge in [0.1, 0.15) is 0 Å². The van der Waals surface area contributed by atoms with E-state index < -0.39 is 0 Å². The minimum Gasteiger partial charge on any atom is -0.380 e. The van der Waals surface area contributed by atoms with E-state index in [0.29, 0.717) is 0 Å². The Labute approximate surface area is 190 Å². The van der Waals surface area contributed by atoms with Gasteiger partial charge in [-0.15, -0.1) is 17.2 Å². The summed E-state index contributed by atoms with van der Waals surface area (Å²) in [6, 6.07) is 0. The van der Waals surface area contributed by atoms with Crippen molar-refractivity contribution in [3.05, 3.63) is 0 Å². The topological polar surface area (TPSA) is 49.4 Å². The van der Waals surface area contributed by atoms with Gasteiger partial charge in [-0.25, -0.2) is 0 Å². The van der Waals surface area contributed by atoms with E-state index in [2.05, 4.69) is 11.8 Å². The van der Waals surface area contributed by atoms with E-state index in [0.717, 1.165) is 89.3 Å². The maximum absolute atomic E-state index is 5.64. The summed E-state index contributed by atoms with van der Waals surface area (Å²) in [5.41, 5.74) is 0. The van der Waals surface area contributed by atoms with Gasteiger partial charge in [0, 0.05) is 65.5 Å². The molecule has 0 aromatic rings. The highest BCUT2D eigenvalue weighted by Crippen LogP contribution is 2.17. The van der Waals surface area contributed by atoms with Gasteiger partial charge in [0.15, 0.2) is 12.6 Å². The fourth-order valence-electron chi connectivity index (χ4n) is 3.01. The molecule has 0 aliphatic heterocycles. The molecule has 8 heteroatoms. The van der Waals surface area contributed by atoms with Crippen LogP contribution in [0.15, 0.2) is 0 Å². The molecular weight excluding hydrogens is 420 g/mol. The number of hydrogen-bond donors (Lipinski definition) is 0. The van der Waals surface area contributed by atoms with Crippen molar-refractivity contribution < 1.29 is 23.7 Å². The molecule has 0 aliphatic carbocycles. The van der Waals surface area contributed by atoms with Crippen molar-refractivity contribution in [3.8, 4) is 0 Å². The number of hydrogen-bond acceptors (Lipinski definition) is 6. The van der Waals surface area contributed by atoms with Gasteiger partial charge in [-0.1, -0.05) is 0 Å². The van der Waals surface area contributed by atoms with Crippen molar-refractivity contribution in [2.24, 2.45) is 0 Å². The van der Waals surface area contributed by atoms with Crippen LogP contribution in [0.1, 0.15) is 47.5 Å². The molecule has 2 unspecified atom stereocenters. The molecule has 0 saturated heterocycles. The molecule has 6 nitrogen and oxygen atoms in total. The average molecular weight is 470 g/mol. The third-order valence-corrected chi connectivity index (χ3v) is 6.93. The predicted octanol–water partition coefficient (Wildman–Crippen LogP) is 4.26. The van der Waals surface area contributed by atoms with Crippen LogP contribution in [-0.2, 0) is 23.7 Å². The van der Waals surface area contributed by atoms with Crippen LogP contribution in [0.4, 0.5) is 0 Å². The second-order valence-corrected chi connectivity index (χ2v) is 9.80. The molecule has 2 atom stereocenters. The van der Waals surface area contributed by atoms with E-state index in [4.69, 9.17) is 23.7 Å². The Morgan fingerprint density at radius 2 is 1.00 bits per heavy atom. The minimum atomic E-state index is -0.0278. The van der Waals surface area contributed by atoms with Gasteiger partial charge in [-0.3, -0.25) is 0 Å². The summed E-state index contributed by atoms with van der Waals surface area (Å²) in [5.74, 6) is 0. The summed E-state index contributed by atoms with van der Waals surface area (Å²) >= 11 is 0. The number of rotatable bonds is 24. The lowest BCUT2D eigenvalue weighted by Gasteiger charge is -2.23. The number of ether oxygens (including phenoxy) is 5. The summed E-state index contributed by atoms with van der Waals surface area (Å²) in [6.45, 7) is 18.0. The van der Waals surface area contributed by atoms with Crippen LogP contribution in [0.3, 0.4) is 0 Å². The third kappa shape index (κ3) is 19.3. The highest BCUT2D eigenvalue weighted by molar-refractivity contribution is 7.38. The zero-order chi connectivity index (χ0) is 22.3. The lowest BCUT2D eigenvalue weighted by atomic mass is 10.4. The molecule has 0 aliphatic rings. The molecule has 0 spiro atoms. The summed E-state index contributed by atoms with van der Waals surface area (Å²) in [7, 11) is 1.92. The van der Waals surface area contributed by atoms with Gasteiger partial charge in [0.25, 0.3) is 0 Å². The van der Waals surface area contributed by atoms with E-state index in [9.17, 15) is 0 Å². The smallest absolute Gasteiger partial charge is 0.157 e. The molecule has 0 rings (SSSR count). The van der Waals surface area contributed by atoms with Crippen LogP contribution in [-0.4, -0.2) is 101 Å². The summed E-state index contributed by atoms with van der Waals surface area (Å²) in [4.78, 5) is 2.57. The average Bonchev–Trinajstić information content (AvgIpc) is 2.73. The highest BCUT2D eigenvalue weighted by Gasteiger charge is 2.10. The third-order valence-electron chi connectivity index (χ3n) is 4.49. The Kier molecular flexibility index (Phi) is 24.8. The SMILES string of the molecule is CCOCCN(CCPCCC(OCC)OCC)CCPCCC(OCC)OCC. The van der Waals surface area contributed by atoms with Crippen molar-refractivity contribution in [2.75, 3.05) is 83.9 Å². The van der Waals surface area contributed by atoms with Crippen molar-refractivity contribution in [3.63, 3.8) is 0 Å². The first-order chi connectivity index (χ1) is 14.7. The Morgan fingerprint density at radius 3 is 1.37 bits per heavy atom. The maximum Gasteiger partial charge on any atom is 0.157 e. The van der Waals surface area contributed by atoms with Crippen LogP contribution < -0.4 is 0 Å². The van der Waals surface area contributed by atoms with Crippen molar-refractivity contribution in [1.29, 1.82) is 0 Å². The van der Waals surface area contributed by atoms with E-state index >= 15 is 0 Å². The van der Waals surface area contributed by atoms with Gasteiger partial charge in [0.2, 0.25) is 0 Å². The molecule has 0 radical (unpaired) electrons. The summed E-state index contributed by atoms with van der Waals surface area (Å²) in [5, 5.41) is 0. The van der Waals surface area contributed by atoms with Crippen LogP contribution >= 0.6 is 17.2 Å². The molecule has 30 heavy (non-hydrogen) atoms. The molecule has 0 fully saturated rings. The normalized spacial score (nSPS) is 12.8. The zero-order valence-corrected chi connectivity index (χ0v) is 22.2. The Hall–Kier alpha value is 0.620. The zero-order valence-electron chi connectivity index (χ0n) is 20.2. The second kappa shape index (κ2) is 24.3. The standard InChI is InChI=1S/C22H49NO5P2/c1-6-24-16-13-23(14-19-29-17-11-21(25-7-2)26-8-3)15-20-30-18-12-22(27-9-4)28-10-5/h21-22,29-30H,6-20H2,1-5H3. The van der Waals surface area contributed by atoms with Gasteiger partial charge in [-0.2, -0.15) is 0 Å². The molecule has 0 amide bonds. The maximum atomic E-state index is 5.64. The first-order valence-corrected chi connectivity index (χ1v) is 14.7. The molecular formula is C22H49NO5P2. The van der Waals surface area contributed by atoms with Crippen LogP contribution in [0.25, 0.3) is 0 Å². The van der Waals surface area contributed by atoms with Gasteiger partial charge in [-0.05, 0) is 59.3 Å². The molecule has 0 aromatic heterocycles. The van der Waals surface area contributed by atoms with Crippen LogP contribution in [0.5, 0.6) is 0 Å². The van der Waals surface area contributed by atoms with Crippen molar-refractivity contribution >= 4 is 17.2 Å². The molecule has 0 N–H and O–H groups in total. The van der Waals surface area contributed by atoms with E-state index in [1.54, 1.807) is 0 Å². The van der Waals surface area contributed by atoms with E-state index in [1.807, 2.05) is 27.7 Å². The molecule has 182 valence electrons. The largest absolute Gasteiger partial charge is 0.380 e. The first-order valence-electron chi connectivity index (χ1n) is 11.9. The van der Waals surface area contributed by atoms with Gasteiger partial charge < -0.3 is 28.6 Å². The predicted molar refractivity (Wildman–Crippen MR) is 132 cm³/mol. The van der Waals surface area contributed by atoms with Crippen molar-refractivity contribution in [2.45, 2.75) is 60.0 Å². The van der Waals surface area contributed by atoms with E-state index in [-0.39, 0.29) is 12.6 Å². The second-order valence-electron chi connectivity index (χ2n) is 6.80.